The van der Waals surface area contributed by atoms with Crippen LogP contribution in [0.5, 0.6) is 0 Å². The van der Waals surface area contributed by atoms with Gasteiger partial charge in [-0.15, -0.1) is 0 Å². The van der Waals surface area contributed by atoms with Crippen LogP contribution >= 0.6 is 11.6 Å². The number of carbonyl (C=O) groups excluding carboxylic acids is 2. The highest BCUT2D eigenvalue weighted by Crippen LogP contribution is 2.28. The SMILES string of the molecule is Cc1cccc(CN(C(=O)CCCN(c2cccc(Cl)c2C)S(C)(=O)=O)C(C)C(=O)NC(C)(C)C)c1. The third-order valence-corrected chi connectivity index (χ3v) is 7.35. The number of halogens is 1. The molecule has 0 aromatic heterocycles. The number of aryl methyl sites for hydroxylation is 1. The molecule has 0 aliphatic heterocycles. The monoisotopic (exact) mass is 535 g/mol. The summed E-state index contributed by atoms with van der Waals surface area (Å²) in [6.07, 6.45) is 1.51. The first-order valence-corrected chi connectivity index (χ1v) is 14.2. The normalized spacial score (nSPS) is 12.7. The molecule has 0 spiro atoms. The molecule has 36 heavy (non-hydrogen) atoms. The van der Waals surface area contributed by atoms with E-state index in [1.807, 2.05) is 52.0 Å². The molecule has 1 unspecified atom stereocenters. The molecule has 0 heterocycles. The van der Waals surface area contributed by atoms with Crippen LogP contribution in [0, 0.1) is 13.8 Å². The van der Waals surface area contributed by atoms with Gasteiger partial charge < -0.3 is 10.2 Å². The van der Waals surface area contributed by atoms with E-state index in [9.17, 15) is 18.0 Å². The number of hydrogen-bond acceptors (Lipinski definition) is 4. The van der Waals surface area contributed by atoms with Crippen LogP contribution < -0.4 is 9.62 Å². The van der Waals surface area contributed by atoms with Crippen molar-refractivity contribution >= 4 is 39.1 Å². The van der Waals surface area contributed by atoms with Crippen molar-refractivity contribution < 1.29 is 18.0 Å². The second-order valence-corrected chi connectivity index (χ2v) is 12.6. The van der Waals surface area contributed by atoms with Crippen LogP contribution in [0.1, 0.15) is 57.2 Å². The van der Waals surface area contributed by atoms with Gasteiger partial charge in [-0.25, -0.2) is 8.42 Å². The van der Waals surface area contributed by atoms with Crippen molar-refractivity contribution in [1.29, 1.82) is 0 Å². The number of nitrogens with zero attached hydrogens (tertiary/aromatic N) is 2. The molecule has 0 aliphatic carbocycles. The van der Waals surface area contributed by atoms with Gasteiger partial charge in [-0.2, -0.15) is 0 Å². The first-order chi connectivity index (χ1) is 16.6. The van der Waals surface area contributed by atoms with Gasteiger partial charge in [0.15, 0.2) is 0 Å². The molecular formula is C27H38ClN3O4S. The molecule has 9 heteroatoms. The lowest BCUT2D eigenvalue weighted by Crippen LogP contribution is -2.52. The third kappa shape index (κ3) is 8.52. The van der Waals surface area contributed by atoms with Gasteiger partial charge in [-0.3, -0.25) is 13.9 Å². The number of carbonyl (C=O) groups is 2. The minimum absolute atomic E-state index is 0.0879. The summed E-state index contributed by atoms with van der Waals surface area (Å²) in [6.45, 7) is 11.5. The van der Waals surface area contributed by atoms with Gasteiger partial charge in [0.1, 0.15) is 6.04 Å². The minimum atomic E-state index is -3.59. The Kier molecular flexibility index (Phi) is 9.97. The van der Waals surface area contributed by atoms with E-state index in [2.05, 4.69) is 5.32 Å². The molecule has 198 valence electrons. The van der Waals surface area contributed by atoms with Crippen molar-refractivity contribution in [3.8, 4) is 0 Å². The molecule has 0 bridgehead atoms. The topological polar surface area (TPSA) is 86.8 Å². The number of rotatable bonds is 10. The Balaban J connectivity index is 2.23. The van der Waals surface area contributed by atoms with Gasteiger partial charge in [-0.1, -0.05) is 47.5 Å². The minimum Gasteiger partial charge on any atom is -0.350 e. The number of benzene rings is 2. The maximum absolute atomic E-state index is 13.4. The Labute approximate surface area is 220 Å². The summed E-state index contributed by atoms with van der Waals surface area (Å²) >= 11 is 6.21. The van der Waals surface area contributed by atoms with E-state index in [-0.39, 0.29) is 37.7 Å². The van der Waals surface area contributed by atoms with Crippen molar-refractivity contribution in [2.75, 3.05) is 17.1 Å². The van der Waals surface area contributed by atoms with Gasteiger partial charge in [0, 0.05) is 30.1 Å². The van der Waals surface area contributed by atoms with Crippen molar-refractivity contribution in [1.82, 2.24) is 10.2 Å². The zero-order valence-electron chi connectivity index (χ0n) is 22.3. The molecule has 1 N–H and O–H groups in total. The molecule has 0 aliphatic rings. The van der Waals surface area contributed by atoms with Gasteiger partial charge in [0.25, 0.3) is 0 Å². The van der Waals surface area contributed by atoms with E-state index in [0.717, 1.165) is 17.4 Å². The Morgan fingerprint density at radius 3 is 2.31 bits per heavy atom. The number of hydrogen-bond donors (Lipinski definition) is 1. The zero-order valence-corrected chi connectivity index (χ0v) is 23.8. The maximum Gasteiger partial charge on any atom is 0.242 e. The summed E-state index contributed by atoms with van der Waals surface area (Å²) in [7, 11) is -3.59. The molecule has 2 aromatic carbocycles. The standard InChI is InChI=1S/C27H38ClN3O4S/c1-19-11-8-12-22(17-19)18-30(21(3)26(33)29-27(4,5)6)25(32)15-10-16-31(36(7,34)35)24-14-9-13-23(28)20(24)2/h8-9,11-14,17,21H,10,15-16,18H2,1-7H3,(H,29,33). The molecule has 2 rings (SSSR count). The molecule has 7 nitrogen and oxygen atoms in total. The van der Waals surface area contributed by atoms with Crippen molar-refractivity contribution in [2.24, 2.45) is 0 Å². The molecule has 0 fully saturated rings. The van der Waals surface area contributed by atoms with Crippen molar-refractivity contribution in [2.45, 2.75) is 72.5 Å². The van der Waals surface area contributed by atoms with E-state index < -0.39 is 21.6 Å². The van der Waals surface area contributed by atoms with Crippen LogP contribution in [0.2, 0.25) is 5.02 Å². The van der Waals surface area contributed by atoms with Gasteiger partial charge >= 0.3 is 0 Å². The average molecular weight is 536 g/mol. The van der Waals surface area contributed by atoms with Crippen molar-refractivity contribution in [3.63, 3.8) is 0 Å². The summed E-state index contributed by atoms with van der Waals surface area (Å²) in [4.78, 5) is 27.9. The van der Waals surface area contributed by atoms with E-state index >= 15 is 0 Å². The maximum atomic E-state index is 13.4. The van der Waals surface area contributed by atoms with Crippen molar-refractivity contribution in [3.05, 3.63) is 64.2 Å². The summed E-state index contributed by atoms with van der Waals surface area (Å²) in [5.41, 5.74) is 2.70. The summed E-state index contributed by atoms with van der Waals surface area (Å²) in [5.74, 6) is -0.458. The van der Waals surface area contributed by atoms with Gasteiger partial charge in [-0.05, 0) is 71.2 Å². The largest absolute Gasteiger partial charge is 0.350 e. The Hall–Kier alpha value is -2.58. The number of amides is 2. The highest BCUT2D eigenvalue weighted by atomic mass is 35.5. The predicted octanol–water partition coefficient (Wildman–Crippen LogP) is 4.84. The molecule has 2 amide bonds. The molecule has 0 radical (unpaired) electrons. The second kappa shape index (κ2) is 12.1. The first-order valence-electron chi connectivity index (χ1n) is 12.0. The summed E-state index contributed by atoms with van der Waals surface area (Å²) < 4.78 is 26.4. The lowest BCUT2D eigenvalue weighted by molar-refractivity contribution is -0.141. The number of sulfonamides is 1. The van der Waals surface area contributed by atoms with Crippen LogP contribution in [0.3, 0.4) is 0 Å². The molecule has 0 saturated carbocycles. The smallest absolute Gasteiger partial charge is 0.242 e. The van der Waals surface area contributed by atoms with Crippen LogP contribution in [0.15, 0.2) is 42.5 Å². The van der Waals surface area contributed by atoms with E-state index in [4.69, 9.17) is 11.6 Å². The summed E-state index contributed by atoms with van der Waals surface area (Å²) in [6, 6.07) is 12.2. The molecule has 2 aromatic rings. The zero-order chi connectivity index (χ0) is 27.3. The highest BCUT2D eigenvalue weighted by molar-refractivity contribution is 7.92. The lowest BCUT2D eigenvalue weighted by Gasteiger charge is -2.32. The van der Waals surface area contributed by atoms with E-state index in [1.165, 1.54) is 4.31 Å². The Bertz CT molecular complexity index is 1190. The van der Waals surface area contributed by atoms with Crippen LogP contribution in [0.4, 0.5) is 5.69 Å². The summed E-state index contributed by atoms with van der Waals surface area (Å²) in [5, 5.41) is 3.42. The average Bonchev–Trinajstić information content (AvgIpc) is 2.75. The molecule has 1 atom stereocenters. The number of nitrogens with one attached hydrogen (secondary N) is 1. The number of anilines is 1. The Morgan fingerprint density at radius 1 is 1.08 bits per heavy atom. The third-order valence-electron chi connectivity index (χ3n) is 5.76. The fourth-order valence-electron chi connectivity index (χ4n) is 3.91. The van der Waals surface area contributed by atoms with Gasteiger partial charge in [0.05, 0.1) is 11.9 Å². The highest BCUT2D eigenvalue weighted by Gasteiger charge is 2.29. The predicted molar refractivity (Wildman–Crippen MR) is 147 cm³/mol. The fraction of sp³-hybridized carbons (Fsp3) is 0.481. The Morgan fingerprint density at radius 2 is 1.72 bits per heavy atom. The lowest BCUT2D eigenvalue weighted by atomic mass is 10.1. The first kappa shape index (κ1) is 29.6. The molecule has 0 saturated heterocycles. The quantitative estimate of drug-likeness (QED) is 0.472. The molecular weight excluding hydrogens is 498 g/mol. The van der Waals surface area contributed by atoms with Gasteiger partial charge in [0.2, 0.25) is 21.8 Å². The van der Waals surface area contributed by atoms with Crippen LogP contribution in [-0.2, 0) is 26.2 Å². The second-order valence-electron chi connectivity index (χ2n) is 10.2. The van der Waals surface area contributed by atoms with E-state index in [0.29, 0.717) is 16.3 Å². The van der Waals surface area contributed by atoms with Crippen LogP contribution in [-0.4, -0.2) is 49.5 Å². The van der Waals surface area contributed by atoms with Crippen LogP contribution in [0.25, 0.3) is 0 Å². The van der Waals surface area contributed by atoms with E-state index in [1.54, 1.807) is 36.9 Å². The fourth-order valence-corrected chi connectivity index (χ4v) is 5.10.